The summed E-state index contributed by atoms with van der Waals surface area (Å²) in [6.45, 7) is 0. The first-order chi connectivity index (χ1) is 8.15. The molecule has 5 heteroatoms. The number of carbonyl (C=O) groups excluding carboxylic acids is 2. The van der Waals surface area contributed by atoms with Gasteiger partial charge in [-0.15, -0.1) is 0 Å². The smallest absolute Gasteiger partial charge is 0.298 e. The van der Waals surface area contributed by atoms with Crippen molar-refractivity contribution >= 4 is 12.2 Å². The lowest BCUT2D eigenvalue weighted by atomic mass is 10.0. The Morgan fingerprint density at radius 2 is 1.94 bits per heavy atom. The van der Waals surface area contributed by atoms with Crippen molar-refractivity contribution < 1.29 is 18.4 Å². The minimum absolute atomic E-state index is 0.173. The van der Waals surface area contributed by atoms with Gasteiger partial charge in [0.05, 0.1) is 6.04 Å². The first-order valence-corrected chi connectivity index (χ1v) is 5.20. The Morgan fingerprint density at radius 1 is 1.29 bits per heavy atom. The Morgan fingerprint density at radius 3 is 2.47 bits per heavy atom. The van der Waals surface area contributed by atoms with E-state index in [1.165, 1.54) is 0 Å². The Labute approximate surface area is 97.8 Å². The van der Waals surface area contributed by atoms with Gasteiger partial charge in [-0.3, -0.25) is 9.59 Å². The second-order valence-electron chi connectivity index (χ2n) is 3.56. The highest BCUT2D eigenvalue weighted by Crippen LogP contribution is 2.08. The monoisotopic (exact) mass is 241 g/mol. The molecule has 0 bridgehead atoms. The summed E-state index contributed by atoms with van der Waals surface area (Å²) in [7, 11) is 0. The minimum atomic E-state index is -3.05. The summed E-state index contributed by atoms with van der Waals surface area (Å²) >= 11 is 0. The minimum Gasteiger partial charge on any atom is -0.349 e. The Kier molecular flexibility index (Phi) is 5.26. The van der Waals surface area contributed by atoms with Gasteiger partial charge in [0.2, 0.25) is 12.2 Å². The number of hydrogen-bond donors (Lipinski definition) is 1. The van der Waals surface area contributed by atoms with Gasteiger partial charge in [-0.1, -0.05) is 30.3 Å². The fourth-order valence-electron chi connectivity index (χ4n) is 1.50. The zero-order valence-electron chi connectivity index (χ0n) is 9.11. The van der Waals surface area contributed by atoms with Crippen LogP contribution in [0.1, 0.15) is 12.0 Å². The molecule has 0 aliphatic heterocycles. The summed E-state index contributed by atoms with van der Waals surface area (Å²) in [5, 5.41) is 2.12. The van der Waals surface area contributed by atoms with Crippen molar-refractivity contribution in [2.45, 2.75) is 25.3 Å². The molecule has 1 atom stereocenters. The molecule has 1 aromatic rings. The fourth-order valence-corrected chi connectivity index (χ4v) is 1.50. The van der Waals surface area contributed by atoms with E-state index in [-0.39, 0.29) is 12.8 Å². The van der Waals surface area contributed by atoms with Crippen molar-refractivity contribution in [3.8, 4) is 0 Å². The Hall–Kier alpha value is -1.78. The molecule has 92 valence electrons. The van der Waals surface area contributed by atoms with Crippen molar-refractivity contribution in [3.05, 3.63) is 35.9 Å². The van der Waals surface area contributed by atoms with E-state index >= 15 is 0 Å². The van der Waals surface area contributed by atoms with Crippen LogP contribution in [0.5, 0.6) is 0 Å². The number of hydrogen-bond acceptors (Lipinski definition) is 2. The average Bonchev–Trinajstić information content (AvgIpc) is 2.34. The third kappa shape index (κ3) is 4.30. The van der Waals surface area contributed by atoms with Crippen LogP contribution in [0.2, 0.25) is 0 Å². The molecular weight excluding hydrogens is 228 g/mol. The molecule has 17 heavy (non-hydrogen) atoms. The molecule has 0 unspecified atom stereocenters. The largest absolute Gasteiger partial charge is 0.349 e. The van der Waals surface area contributed by atoms with Gasteiger partial charge in [0, 0.05) is 0 Å². The molecule has 0 saturated heterocycles. The SMILES string of the molecule is O=CN[C@@H](CCc1ccccc1)C(=O)C(F)F. The van der Waals surface area contributed by atoms with E-state index in [2.05, 4.69) is 5.32 Å². The molecule has 0 saturated carbocycles. The van der Waals surface area contributed by atoms with Crippen molar-refractivity contribution in [2.75, 3.05) is 0 Å². The van der Waals surface area contributed by atoms with Gasteiger partial charge < -0.3 is 5.32 Å². The fraction of sp³-hybridized carbons (Fsp3) is 0.333. The van der Waals surface area contributed by atoms with E-state index in [0.717, 1.165) is 5.56 Å². The lowest BCUT2D eigenvalue weighted by Crippen LogP contribution is -2.39. The molecule has 0 aliphatic carbocycles. The number of benzene rings is 1. The number of carbonyl (C=O) groups is 2. The molecule has 0 spiro atoms. The molecule has 1 amide bonds. The summed E-state index contributed by atoms with van der Waals surface area (Å²) in [5.41, 5.74) is 0.937. The number of nitrogens with one attached hydrogen (secondary N) is 1. The highest BCUT2D eigenvalue weighted by Gasteiger charge is 2.25. The number of halogens is 2. The number of ketones is 1. The normalized spacial score (nSPS) is 12.2. The maximum Gasteiger partial charge on any atom is 0.298 e. The highest BCUT2D eigenvalue weighted by molar-refractivity contribution is 5.88. The molecule has 1 aromatic carbocycles. The van der Waals surface area contributed by atoms with Crippen LogP contribution in [0.15, 0.2) is 30.3 Å². The summed E-state index contributed by atoms with van der Waals surface area (Å²) in [6, 6.07) is 8.05. The van der Waals surface area contributed by atoms with Gasteiger partial charge >= 0.3 is 0 Å². The number of amides is 1. The van der Waals surface area contributed by atoms with E-state index in [1.54, 1.807) is 0 Å². The third-order valence-electron chi connectivity index (χ3n) is 2.39. The molecular formula is C12H13F2NO2. The average molecular weight is 241 g/mol. The number of rotatable bonds is 7. The van der Waals surface area contributed by atoms with Crippen molar-refractivity contribution in [1.29, 1.82) is 0 Å². The quantitative estimate of drug-likeness (QED) is 0.736. The van der Waals surface area contributed by atoms with Crippen molar-refractivity contribution in [2.24, 2.45) is 0 Å². The lowest BCUT2D eigenvalue weighted by molar-refractivity contribution is -0.133. The van der Waals surface area contributed by atoms with Gasteiger partial charge in [0.15, 0.2) is 0 Å². The Balaban J connectivity index is 2.56. The van der Waals surface area contributed by atoms with E-state index in [1.807, 2.05) is 30.3 Å². The molecule has 1 N–H and O–H groups in total. The third-order valence-corrected chi connectivity index (χ3v) is 2.39. The first-order valence-electron chi connectivity index (χ1n) is 5.20. The van der Waals surface area contributed by atoms with E-state index in [4.69, 9.17) is 0 Å². The van der Waals surface area contributed by atoms with Crippen LogP contribution in [-0.4, -0.2) is 24.7 Å². The van der Waals surface area contributed by atoms with Gasteiger partial charge in [0.1, 0.15) is 0 Å². The number of alkyl halides is 2. The maximum atomic E-state index is 12.2. The van der Waals surface area contributed by atoms with Crippen molar-refractivity contribution in [3.63, 3.8) is 0 Å². The van der Waals surface area contributed by atoms with E-state index < -0.39 is 18.3 Å². The van der Waals surface area contributed by atoms with Crippen LogP contribution in [-0.2, 0) is 16.0 Å². The van der Waals surface area contributed by atoms with Crippen LogP contribution >= 0.6 is 0 Å². The highest BCUT2D eigenvalue weighted by atomic mass is 19.3. The molecule has 1 rings (SSSR count). The van der Waals surface area contributed by atoms with Crippen LogP contribution < -0.4 is 5.32 Å². The topological polar surface area (TPSA) is 46.2 Å². The maximum absolute atomic E-state index is 12.2. The summed E-state index contributed by atoms with van der Waals surface area (Å²) in [4.78, 5) is 21.3. The zero-order valence-corrected chi connectivity index (χ0v) is 9.11. The molecule has 0 heterocycles. The first kappa shape index (κ1) is 13.3. The van der Waals surface area contributed by atoms with Crippen LogP contribution in [0.25, 0.3) is 0 Å². The second-order valence-corrected chi connectivity index (χ2v) is 3.56. The molecule has 0 fully saturated rings. The second kappa shape index (κ2) is 6.73. The van der Waals surface area contributed by atoms with Crippen LogP contribution in [0.4, 0.5) is 8.78 Å². The van der Waals surface area contributed by atoms with Gasteiger partial charge in [-0.25, -0.2) is 8.78 Å². The molecule has 0 radical (unpaired) electrons. The van der Waals surface area contributed by atoms with Crippen LogP contribution in [0.3, 0.4) is 0 Å². The van der Waals surface area contributed by atoms with E-state index in [9.17, 15) is 18.4 Å². The predicted octanol–water partition coefficient (Wildman–Crippen LogP) is 1.57. The predicted molar refractivity (Wildman–Crippen MR) is 58.8 cm³/mol. The molecule has 0 aromatic heterocycles. The van der Waals surface area contributed by atoms with Gasteiger partial charge in [-0.2, -0.15) is 0 Å². The standard InChI is InChI=1S/C12H13F2NO2/c13-12(14)11(17)10(15-8-16)7-6-9-4-2-1-3-5-9/h1-5,8,10,12H,6-7H2,(H,15,16)/t10-/m0/s1. The Bertz CT molecular complexity index is 368. The van der Waals surface area contributed by atoms with Gasteiger partial charge in [0.25, 0.3) is 6.43 Å². The number of Topliss-reactive ketones (excluding diaryl/α,β-unsaturated/α-hetero) is 1. The summed E-state index contributed by atoms with van der Waals surface area (Å²) in [5.74, 6) is -1.24. The van der Waals surface area contributed by atoms with E-state index in [0.29, 0.717) is 6.42 Å². The van der Waals surface area contributed by atoms with Crippen LogP contribution in [0, 0.1) is 0 Å². The van der Waals surface area contributed by atoms with Crippen molar-refractivity contribution in [1.82, 2.24) is 5.32 Å². The number of aryl methyl sites for hydroxylation is 1. The summed E-state index contributed by atoms with van der Waals surface area (Å²) < 4.78 is 24.4. The summed E-state index contributed by atoms with van der Waals surface area (Å²) in [6.07, 6.45) is -2.14. The molecule has 3 nitrogen and oxygen atoms in total. The zero-order chi connectivity index (χ0) is 12.7. The molecule has 0 aliphatic rings. The lowest BCUT2D eigenvalue weighted by Gasteiger charge is -2.14. The van der Waals surface area contributed by atoms with Gasteiger partial charge in [-0.05, 0) is 18.4 Å².